The Morgan fingerprint density at radius 1 is 1.26 bits per heavy atom. The van der Waals surface area contributed by atoms with E-state index in [9.17, 15) is 19.5 Å². The second-order valence-electron chi connectivity index (χ2n) is 5.45. The number of aromatic hydroxyl groups is 1. The van der Waals surface area contributed by atoms with Gasteiger partial charge in [-0.15, -0.1) is 4.73 Å². The molecule has 0 aliphatic heterocycles. The van der Waals surface area contributed by atoms with Crippen molar-refractivity contribution in [1.29, 1.82) is 0 Å². The van der Waals surface area contributed by atoms with Crippen molar-refractivity contribution in [2.45, 2.75) is 6.92 Å². The van der Waals surface area contributed by atoms with E-state index in [1.807, 2.05) is 6.07 Å². The number of carbonyl (C=O) groups is 2. The van der Waals surface area contributed by atoms with Crippen LogP contribution in [0.1, 0.15) is 17.3 Å². The van der Waals surface area contributed by atoms with E-state index in [4.69, 9.17) is 9.94 Å². The molecule has 0 unspecified atom stereocenters. The van der Waals surface area contributed by atoms with Gasteiger partial charge in [0.05, 0.1) is 17.3 Å². The Morgan fingerprint density at radius 3 is 2.59 bits per heavy atom. The van der Waals surface area contributed by atoms with Crippen molar-refractivity contribution in [2.75, 3.05) is 13.2 Å². The Hall–Kier alpha value is -3.82. The summed E-state index contributed by atoms with van der Waals surface area (Å²) < 4.78 is 2.26. The van der Waals surface area contributed by atoms with Crippen molar-refractivity contribution in [2.24, 2.45) is 0 Å². The topological polar surface area (TPSA) is 136 Å². The number of pyridine rings is 1. The molecule has 2 heterocycles. The molecule has 10 nitrogen and oxygen atoms in total. The number of nitrogens with zero attached hydrogens (tertiary/aromatic N) is 3. The Bertz CT molecular complexity index is 1070. The lowest BCUT2D eigenvalue weighted by Crippen LogP contribution is -2.38. The maximum Gasteiger partial charge on any atom is 0.322 e. The van der Waals surface area contributed by atoms with Gasteiger partial charge in [-0.1, -0.05) is 18.2 Å². The first-order chi connectivity index (χ1) is 13.0. The quantitative estimate of drug-likeness (QED) is 0.560. The average molecular weight is 372 g/mol. The van der Waals surface area contributed by atoms with Gasteiger partial charge >= 0.3 is 11.5 Å². The third-order valence-electron chi connectivity index (χ3n) is 3.71. The fourth-order valence-corrected chi connectivity index (χ4v) is 2.59. The number of para-hydroxylation sites is 1. The Morgan fingerprint density at radius 2 is 1.96 bits per heavy atom. The maximum absolute atomic E-state index is 12.8. The van der Waals surface area contributed by atoms with Crippen molar-refractivity contribution in [3.8, 4) is 11.4 Å². The minimum absolute atomic E-state index is 0.104. The van der Waals surface area contributed by atoms with Crippen LogP contribution < -0.4 is 15.7 Å². The minimum atomic E-state index is -1.29. The van der Waals surface area contributed by atoms with E-state index in [1.54, 1.807) is 31.2 Å². The summed E-state index contributed by atoms with van der Waals surface area (Å²) in [4.78, 5) is 41.1. The number of benzene rings is 1. The summed E-state index contributed by atoms with van der Waals surface area (Å²) >= 11 is 0. The molecule has 0 atom stereocenters. The minimum Gasteiger partial charge on any atom is -0.506 e. The molecule has 3 N–H and O–H groups in total. The van der Waals surface area contributed by atoms with Crippen molar-refractivity contribution >= 4 is 22.9 Å². The van der Waals surface area contributed by atoms with Gasteiger partial charge in [0.25, 0.3) is 5.91 Å². The first kappa shape index (κ1) is 18.0. The SMILES string of the molecule is CCOn1c(=O)c(C(=O)NCC(=O)O)c(O)c2cnn(-c3ccccc3)c21. The molecule has 0 spiro atoms. The van der Waals surface area contributed by atoms with Gasteiger partial charge in [0, 0.05) is 0 Å². The lowest BCUT2D eigenvalue weighted by atomic mass is 10.2. The number of amides is 1. The van der Waals surface area contributed by atoms with Crippen LogP contribution in [-0.4, -0.2) is 49.8 Å². The number of nitrogens with one attached hydrogen (secondary N) is 1. The van der Waals surface area contributed by atoms with E-state index in [0.29, 0.717) is 5.69 Å². The highest BCUT2D eigenvalue weighted by molar-refractivity contribution is 6.02. The molecule has 2 aromatic heterocycles. The van der Waals surface area contributed by atoms with Gasteiger partial charge in [0.15, 0.2) is 11.2 Å². The molecule has 0 saturated carbocycles. The molecule has 0 fully saturated rings. The van der Waals surface area contributed by atoms with Crippen LogP contribution in [0.15, 0.2) is 41.3 Å². The predicted octanol–water partition coefficient (Wildman–Crippen LogP) is 0.156. The Labute approximate surface area is 152 Å². The number of carboxylic acid groups (broad SMARTS) is 1. The highest BCUT2D eigenvalue weighted by Gasteiger charge is 2.26. The van der Waals surface area contributed by atoms with Gasteiger partial charge in [-0.25, -0.2) is 4.68 Å². The molecule has 3 aromatic rings. The average Bonchev–Trinajstić information content (AvgIpc) is 3.09. The highest BCUT2D eigenvalue weighted by Crippen LogP contribution is 2.27. The van der Waals surface area contributed by atoms with Crippen LogP contribution in [0.3, 0.4) is 0 Å². The van der Waals surface area contributed by atoms with Crippen LogP contribution in [0.2, 0.25) is 0 Å². The smallest absolute Gasteiger partial charge is 0.322 e. The third-order valence-corrected chi connectivity index (χ3v) is 3.71. The summed E-state index contributed by atoms with van der Waals surface area (Å²) in [5, 5.41) is 25.5. The molecule has 0 radical (unpaired) electrons. The summed E-state index contributed by atoms with van der Waals surface area (Å²) in [6.07, 6.45) is 1.29. The van der Waals surface area contributed by atoms with E-state index >= 15 is 0 Å². The van der Waals surface area contributed by atoms with Crippen molar-refractivity contribution in [3.05, 3.63) is 52.4 Å². The van der Waals surface area contributed by atoms with Crippen LogP contribution in [0.25, 0.3) is 16.7 Å². The van der Waals surface area contributed by atoms with Crippen LogP contribution in [0.5, 0.6) is 5.75 Å². The molecule has 140 valence electrons. The number of carbonyl (C=O) groups excluding carboxylic acids is 1. The third kappa shape index (κ3) is 3.19. The molecule has 0 saturated heterocycles. The summed E-state index contributed by atoms with van der Waals surface area (Å²) in [5.74, 6) is -2.91. The molecule has 27 heavy (non-hydrogen) atoms. The molecule has 1 amide bonds. The number of hydrogen-bond acceptors (Lipinski definition) is 6. The van der Waals surface area contributed by atoms with E-state index in [1.165, 1.54) is 10.9 Å². The molecular weight excluding hydrogens is 356 g/mol. The fraction of sp³-hybridized carbons (Fsp3) is 0.176. The summed E-state index contributed by atoms with van der Waals surface area (Å²) in [6.45, 7) is 1.06. The standard InChI is InChI=1S/C17H16N4O6/c1-2-27-21-16-11(8-19-20(16)10-6-4-3-5-7-10)14(24)13(17(21)26)15(25)18-9-12(22)23/h3-8,24H,2,9H2,1H3,(H,18,25)(H,22,23). The van der Waals surface area contributed by atoms with Crippen LogP contribution in [-0.2, 0) is 4.79 Å². The second-order valence-corrected chi connectivity index (χ2v) is 5.45. The van der Waals surface area contributed by atoms with Gasteiger partial charge in [-0.3, -0.25) is 14.4 Å². The zero-order chi connectivity index (χ0) is 19.6. The van der Waals surface area contributed by atoms with Gasteiger partial charge in [-0.2, -0.15) is 5.10 Å². The highest BCUT2D eigenvalue weighted by atomic mass is 16.7. The largest absolute Gasteiger partial charge is 0.506 e. The number of rotatable bonds is 6. The fourth-order valence-electron chi connectivity index (χ4n) is 2.59. The number of aromatic nitrogens is 3. The van der Waals surface area contributed by atoms with Crippen molar-refractivity contribution in [1.82, 2.24) is 19.8 Å². The molecule has 0 bridgehead atoms. The zero-order valence-electron chi connectivity index (χ0n) is 14.2. The molecular formula is C17H16N4O6. The van der Waals surface area contributed by atoms with Crippen molar-refractivity contribution < 1.29 is 24.6 Å². The number of fused-ring (bicyclic) bond motifs is 1. The molecule has 0 aliphatic rings. The lowest BCUT2D eigenvalue weighted by molar-refractivity contribution is -0.135. The first-order valence-electron chi connectivity index (χ1n) is 8.00. The Balaban J connectivity index is 2.26. The number of aliphatic carboxylic acids is 1. The van der Waals surface area contributed by atoms with E-state index in [-0.39, 0.29) is 17.6 Å². The normalized spacial score (nSPS) is 10.7. The molecule has 3 rings (SSSR count). The van der Waals surface area contributed by atoms with Gasteiger partial charge in [0.1, 0.15) is 18.9 Å². The molecule has 10 heteroatoms. The van der Waals surface area contributed by atoms with E-state index < -0.39 is 35.3 Å². The van der Waals surface area contributed by atoms with E-state index in [0.717, 1.165) is 4.73 Å². The Kier molecular flexibility index (Phi) is 4.79. The van der Waals surface area contributed by atoms with E-state index in [2.05, 4.69) is 10.4 Å². The summed E-state index contributed by atoms with van der Waals surface area (Å²) in [7, 11) is 0. The van der Waals surface area contributed by atoms with Crippen molar-refractivity contribution in [3.63, 3.8) is 0 Å². The predicted molar refractivity (Wildman–Crippen MR) is 94.1 cm³/mol. The van der Waals surface area contributed by atoms with Gasteiger partial charge in [0.2, 0.25) is 0 Å². The monoisotopic (exact) mass is 372 g/mol. The van der Waals surface area contributed by atoms with Crippen LogP contribution in [0.4, 0.5) is 0 Å². The molecule has 0 aliphatic carbocycles. The van der Waals surface area contributed by atoms with Gasteiger partial charge in [-0.05, 0) is 19.1 Å². The lowest BCUT2D eigenvalue weighted by Gasteiger charge is -2.14. The zero-order valence-corrected chi connectivity index (χ0v) is 14.2. The number of carboxylic acids is 1. The summed E-state index contributed by atoms with van der Waals surface area (Å²) in [5.41, 5.74) is -0.796. The number of hydrogen-bond donors (Lipinski definition) is 3. The van der Waals surface area contributed by atoms with Crippen LogP contribution >= 0.6 is 0 Å². The molecule has 1 aromatic carbocycles. The second kappa shape index (κ2) is 7.20. The first-order valence-corrected chi connectivity index (χ1v) is 8.00. The van der Waals surface area contributed by atoms with Crippen LogP contribution in [0, 0.1) is 0 Å². The maximum atomic E-state index is 12.8. The summed E-state index contributed by atoms with van der Waals surface area (Å²) in [6, 6.07) is 8.86. The van der Waals surface area contributed by atoms with Gasteiger partial charge < -0.3 is 20.4 Å².